The van der Waals surface area contributed by atoms with Gasteiger partial charge in [-0.3, -0.25) is 4.79 Å². The summed E-state index contributed by atoms with van der Waals surface area (Å²) in [5, 5.41) is 3.52. The Balaban J connectivity index is 2.64. The molecule has 4 heteroatoms. The van der Waals surface area contributed by atoms with Crippen LogP contribution in [0.25, 0.3) is 0 Å². The Labute approximate surface area is 126 Å². The maximum Gasteiger partial charge on any atom is 0.255 e. The summed E-state index contributed by atoms with van der Waals surface area (Å²) in [6.45, 7) is 5.04. The molecule has 1 aromatic rings. The van der Waals surface area contributed by atoms with Crippen LogP contribution in [0, 0.1) is 5.92 Å². The monoisotopic (exact) mass is 297 g/mol. The van der Waals surface area contributed by atoms with Gasteiger partial charge < -0.3 is 10.1 Å². The van der Waals surface area contributed by atoms with Crippen molar-refractivity contribution in [3.8, 4) is 5.75 Å². The van der Waals surface area contributed by atoms with Crippen molar-refractivity contribution in [1.29, 1.82) is 0 Å². The average Bonchev–Trinajstić information content (AvgIpc) is 2.47. The van der Waals surface area contributed by atoms with Crippen LogP contribution in [0.4, 0.5) is 0 Å². The topological polar surface area (TPSA) is 38.3 Å². The number of carbonyl (C=O) groups excluding carboxylic acids is 1. The SMILES string of the molecule is CCCC[C@H](CC)CNC(=O)c1cc(Cl)ccc1OC. The van der Waals surface area contributed by atoms with Crippen LogP contribution < -0.4 is 10.1 Å². The molecule has 0 aromatic heterocycles. The second kappa shape index (κ2) is 8.85. The van der Waals surface area contributed by atoms with E-state index in [2.05, 4.69) is 19.2 Å². The standard InChI is InChI=1S/C16H24ClNO2/c1-4-6-7-12(5-2)11-18-16(19)14-10-13(17)8-9-15(14)20-3/h8-10,12H,4-7,11H2,1-3H3,(H,18,19)/t12-/m0/s1. The summed E-state index contributed by atoms with van der Waals surface area (Å²) in [7, 11) is 1.55. The normalized spacial score (nSPS) is 12.0. The highest BCUT2D eigenvalue weighted by Gasteiger charge is 2.14. The van der Waals surface area contributed by atoms with Crippen LogP contribution in [0.5, 0.6) is 5.75 Å². The third kappa shape index (κ3) is 5.04. The number of hydrogen-bond donors (Lipinski definition) is 1. The van der Waals surface area contributed by atoms with Crippen LogP contribution in [-0.2, 0) is 0 Å². The third-order valence-corrected chi connectivity index (χ3v) is 3.74. The first kappa shape index (κ1) is 16.8. The van der Waals surface area contributed by atoms with E-state index in [1.165, 1.54) is 12.8 Å². The first-order valence-electron chi connectivity index (χ1n) is 7.24. The Morgan fingerprint density at radius 1 is 1.40 bits per heavy atom. The zero-order chi connectivity index (χ0) is 15.0. The van der Waals surface area contributed by atoms with E-state index in [0.29, 0.717) is 28.8 Å². The second-order valence-electron chi connectivity index (χ2n) is 4.97. The zero-order valence-corrected chi connectivity index (χ0v) is 13.3. The number of amides is 1. The van der Waals surface area contributed by atoms with Crippen molar-refractivity contribution < 1.29 is 9.53 Å². The molecule has 1 atom stereocenters. The predicted molar refractivity (Wildman–Crippen MR) is 83.6 cm³/mol. The molecule has 0 saturated carbocycles. The summed E-state index contributed by atoms with van der Waals surface area (Å²) in [4.78, 5) is 12.2. The Bertz CT molecular complexity index is 434. The highest BCUT2D eigenvalue weighted by atomic mass is 35.5. The van der Waals surface area contributed by atoms with Gasteiger partial charge in [-0.1, -0.05) is 44.7 Å². The Morgan fingerprint density at radius 2 is 2.15 bits per heavy atom. The van der Waals surface area contributed by atoms with Gasteiger partial charge in [0.05, 0.1) is 12.7 Å². The number of hydrogen-bond acceptors (Lipinski definition) is 2. The number of unbranched alkanes of at least 4 members (excludes halogenated alkanes) is 1. The first-order chi connectivity index (χ1) is 9.62. The molecule has 3 nitrogen and oxygen atoms in total. The van der Waals surface area contributed by atoms with Gasteiger partial charge in [-0.2, -0.15) is 0 Å². The van der Waals surface area contributed by atoms with Gasteiger partial charge in [0.1, 0.15) is 5.75 Å². The number of nitrogens with one attached hydrogen (secondary N) is 1. The average molecular weight is 298 g/mol. The molecule has 112 valence electrons. The number of benzene rings is 1. The molecule has 0 spiro atoms. The van der Waals surface area contributed by atoms with Gasteiger partial charge in [0.15, 0.2) is 0 Å². The summed E-state index contributed by atoms with van der Waals surface area (Å²) >= 11 is 5.94. The number of carbonyl (C=O) groups is 1. The van der Waals surface area contributed by atoms with Gasteiger partial charge in [-0.05, 0) is 30.5 Å². The van der Waals surface area contributed by atoms with Crippen LogP contribution in [0.15, 0.2) is 18.2 Å². The lowest BCUT2D eigenvalue weighted by atomic mass is 9.99. The van der Waals surface area contributed by atoms with Gasteiger partial charge in [0, 0.05) is 11.6 Å². The van der Waals surface area contributed by atoms with E-state index >= 15 is 0 Å². The van der Waals surface area contributed by atoms with E-state index in [1.807, 2.05) is 0 Å². The molecule has 0 aliphatic heterocycles. The fourth-order valence-electron chi connectivity index (χ4n) is 2.13. The molecule has 0 radical (unpaired) electrons. The molecular weight excluding hydrogens is 274 g/mol. The maximum absolute atomic E-state index is 12.2. The molecule has 0 bridgehead atoms. The molecule has 1 aromatic carbocycles. The van der Waals surface area contributed by atoms with Crippen molar-refractivity contribution in [1.82, 2.24) is 5.32 Å². The molecule has 0 aliphatic carbocycles. The molecule has 1 amide bonds. The van der Waals surface area contributed by atoms with Crippen LogP contribution >= 0.6 is 11.6 Å². The zero-order valence-electron chi connectivity index (χ0n) is 12.5. The Morgan fingerprint density at radius 3 is 2.75 bits per heavy atom. The minimum atomic E-state index is -0.126. The third-order valence-electron chi connectivity index (χ3n) is 3.50. The fraction of sp³-hybridized carbons (Fsp3) is 0.562. The van der Waals surface area contributed by atoms with Crippen molar-refractivity contribution in [2.45, 2.75) is 39.5 Å². The van der Waals surface area contributed by atoms with Crippen molar-refractivity contribution in [2.75, 3.05) is 13.7 Å². The Hall–Kier alpha value is -1.22. The molecule has 0 heterocycles. The highest BCUT2D eigenvalue weighted by Crippen LogP contribution is 2.22. The number of methoxy groups -OCH3 is 1. The van der Waals surface area contributed by atoms with Crippen molar-refractivity contribution in [2.24, 2.45) is 5.92 Å². The summed E-state index contributed by atoms with van der Waals surface area (Å²) in [5.41, 5.74) is 0.491. The summed E-state index contributed by atoms with van der Waals surface area (Å²) in [5.74, 6) is 0.955. The fourth-order valence-corrected chi connectivity index (χ4v) is 2.31. The van der Waals surface area contributed by atoms with Gasteiger partial charge in [-0.25, -0.2) is 0 Å². The predicted octanol–water partition coefficient (Wildman–Crippen LogP) is 4.29. The van der Waals surface area contributed by atoms with Gasteiger partial charge in [-0.15, -0.1) is 0 Å². The van der Waals surface area contributed by atoms with E-state index in [0.717, 1.165) is 12.8 Å². The molecular formula is C16H24ClNO2. The van der Waals surface area contributed by atoms with Crippen LogP contribution in [0.2, 0.25) is 5.02 Å². The molecule has 1 N–H and O–H groups in total. The minimum Gasteiger partial charge on any atom is -0.496 e. The van der Waals surface area contributed by atoms with Gasteiger partial charge >= 0.3 is 0 Å². The summed E-state index contributed by atoms with van der Waals surface area (Å²) < 4.78 is 5.20. The quantitative estimate of drug-likeness (QED) is 0.777. The first-order valence-corrected chi connectivity index (χ1v) is 7.61. The van der Waals surface area contributed by atoms with E-state index < -0.39 is 0 Å². The molecule has 20 heavy (non-hydrogen) atoms. The number of rotatable bonds is 8. The molecule has 0 unspecified atom stereocenters. The molecule has 0 saturated heterocycles. The summed E-state index contributed by atoms with van der Waals surface area (Å²) in [6, 6.07) is 5.07. The highest BCUT2D eigenvalue weighted by molar-refractivity contribution is 6.31. The van der Waals surface area contributed by atoms with E-state index in [1.54, 1.807) is 25.3 Å². The van der Waals surface area contributed by atoms with Crippen LogP contribution in [-0.4, -0.2) is 19.6 Å². The van der Waals surface area contributed by atoms with Crippen molar-refractivity contribution >= 4 is 17.5 Å². The van der Waals surface area contributed by atoms with Gasteiger partial charge in [0.25, 0.3) is 5.91 Å². The smallest absolute Gasteiger partial charge is 0.255 e. The summed E-state index contributed by atoms with van der Waals surface area (Å²) in [6.07, 6.45) is 4.62. The lowest BCUT2D eigenvalue weighted by molar-refractivity contribution is 0.0943. The van der Waals surface area contributed by atoms with E-state index in [-0.39, 0.29) is 5.91 Å². The van der Waals surface area contributed by atoms with Gasteiger partial charge in [0.2, 0.25) is 0 Å². The minimum absolute atomic E-state index is 0.126. The molecule has 0 fully saturated rings. The van der Waals surface area contributed by atoms with E-state index in [9.17, 15) is 4.79 Å². The van der Waals surface area contributed by atoms with Crippen LogP contribution in [0.3, 0.4) is 0 Å². The Kier molecular flexibility index (Phi) is 7.45. The second-order valence-corrected chi connectivity index (χ2v) is 5.41. The van der Waals surface area contributed by atoms with E-state index in [4.69, 9.17) is 16.3 Å². The lowest BCUT2D eigenvalue weighted by Crippen LogP contribution is -2.29. The van der Waals surface area contributed by atoms with Crippen LogP contribution in [0.1, 0.15) is 49.9 Å². The van der Waals surface area contributed by atoms with Crippen molar-refractivity contribution in [3.05, 3.63) is 28.8 Å². The number of ether oxygens (including phenoxy) is 1. The molecule has 0 aliphatic rings. The largest absolute Gasteiger partial charge is 0.496 e. The lowest BCUT2D eigenvalue weighted by Gasteiger charge is -2.16. The molecule has 1 rings (SSSR count). The maximum atomic E-state index is 12.2. The number of halogens is 1. The van der Waals surface area contributed by atoms with Crippen molar-refractivity contribution in [3.63, 3.8) is 0 Å².